The first-order valence-electron chi connectivity index (χ1n) is 23.2. The van der Waals surface area contributed by atoms with Gasteiger partial charge in [-0.2, -0.15) is 0 Å². The van der Waals surface area contributed by atoms with Crippen LogP contribution in [0.4, 0.5) is 11.4 Å². The van der Waals surface area contributed by atoms with Crippen LogP contribution in [0.25, 0.3) is 0 Å². The lowest BCUT2D eigenvalue weighted by Gasteiger charge is -2.29. The molecule has 0 aliphatic rings. The fourth-order valence-corrected chi connectivity index (χ4v) is 6.77. The summed E-state index contributed by atoms with van der Waals surface area (Å²) in [6.07, 6.45) is -1.36. The molecule has 72 heavy (non-hydrogen) atoms. The number of carbonyl (C=O) groups is 11. The molecule has 9 atom stereocenters. The van der Waals surface area contributed by atoms with Crippen molar-refractivity contribution in [3.05, 3.63) is 54.1 Å². The Balaban J connectivity index is 2.08. The highest BCUT2D eigenvalue weighted by Gasteiger charge is 2.36. The summed E-state index contributed by atoms with van der Waals surface area (Å²) < 4.78 is 0. The molecule has 16 N–H and O–H groups in total. The van der Waals surface area contributed by atoms with Crippen LogP contribution < -0.4 is 59.3 Å². The van der Waals surface area contributed by atoms with Gasteiger partial charge in [-0.1, -0.05) is 60.1 Å². The van der Waals surface area contributed by atoms with Gasteiger partial charge < -0.3 is 74.6 Å². The van der Waals surface area contributed by atoms with Gasteiger partial charge in [-0.3, -0.25) is 47.9 Å². The Kier molecular flexibility index (Phi) is 23.9. The third-order valence-corrected chi connectivity index (χ3v) is 11.2. The highest BCUT2D eigenvalue weighted by Crippen LogP contribution is 2.17. The monoisotopic (exact) mass is 1010 g/mol. The molecule has 0 aromatic heterocycles. The first kappa shape index (κ1) is 60.1. The number of hydrogen-bond acceptors (Lipinski definition) is 14. The quantitative estimate of drug-likeness (QED) is 0.0406. The fourth-order valence-electron chi connectivity index (χ4n) is 6.77. The summed E-state index contributed by atoms with van der Waals surface area (Å²) >= 11 is 0. The van der Waals surface area contributed by atoms with E-state index in [2.05, 4.69) is 47.9 Å². The number of nitrogen functional groups attached to an aromatic ring is 1. The van der Waals surface area contributed by atoms with Crippen LogP contribution in [0.15, 0.2) is 48.5 Å². The van der Waals surface area contributed by atoms with E-state index in [1.807, 2.05) is 0 Å². The van der Waals surface area contributed by atoms with E-state index in [1.165, 1.54) is 46.8 Å². The van der Waals surface area contributed by atoms with Gasteiger partial charge in [0.2, 0.25) is 53.2 Å². The lowest BCUT2D eigenvalue weighted by molar-refractivity contribution is -0.145. The molecule has 0 aliphatic carbocycles. The van der Waals surface area contributed by atoms with Gasteiger partial charge in [-0.05, 0) is 73.6 Å². The highest BCUT2D eigenvalue weighted by molar-refractivity contribution is 5.99. The number of primary amides is 1. The van der Waals surface area contributed by atoms with E-state index in [0.717, 1.165) is 0 Å². The van der Waals surface area contributed by atoms with Crippen LogP contribution >= 0.6 is 0 Å². The van der Waals surface area contributed by atoms with Gasteiger partial charge in [0.1, 0.15) is 54.1 Å². The Morgan fingerprint density at radius 3 is 1.53 bits per heavy atom. The SMILES string of the molecule is CC[C@H](C)[C@H](NC(=O)[C@H](CC(=O)O)NC(=O)[C@H](CC(N)=O)NC(=O)[C@@H](NC(=O)[C@@H](NC(=O)[C@H](C)NC(=O)CNC(=O)[C@H](C)NC(=O)[C@H](Cc1ccc(O)cc1)Nc1ccc(N)cc1)C(C)C)C(C)C)C(=O)O. The highest BCUT2D eigenvalue weighted by atomic mass is 16.4. The summed E-state index contributed by atoms with van der Waals surface area (Å²) in [6.45, 7) is 11.5. The van der Waals surface area contributed by atoms with Crippen molar-refractivity contribution in [1.82, 2.24) is 42.5 Å². The van der Waals surface area contributed by atoms with Crippen LogP contribution in [0.2, 0.25) is 0 Å². The molecule has 0 heterocycles. The molecule has 0 bridgehead atoms. The number of anilines is 2. The molecule has 0 aliphatic heterocycles. The Bertz CT molecular complexity index is 2210. The van der Waals surface area contributed by atoms with Gasteiger partial charge in [-0.25, -0.2) is 4.79 Å². The van der Waals surface area contributed by atoms with Crippen molar-refractivity contribution in [1.29, 1.82) is 0 Å². The summed E-state index contributed by atoms with van der Waals surface area (Å²) in [4.78, 5) is 142. The molecule has 2 aromatic rings. The van der Waals surface area contributed by atoms with E-state index < -0.39 is 151 Å². The average Bonchev–Trinajstić information content (AvgIpc) is 3.30. The van der Waals surface area contributed by atoms with E-state index >= 15 is 0 Å². The molecule has 2 aromatic carbocycles. The van der Waals surface area contributed by atoms with E-state index in [0.29, 0.717) is 23.4 Å². The molecule has 2 rings (SSSR count). The third kappa shape index (κ3) is 20.2. The fraction of sp³-hybridized carbons (Fsp3) is 0.511. The third-order valence-electron chi connectivity index (χ3n) is 11.2. The minimum atomic E-state index is -1.86. The van der Waals surface area contributed by atoms with Crippen molar-refractivity contribution in [3.63, 3.8) is 0 Å². The molecular formula is C47H69N11O14. The van der Waals surface area contributed by atoms with E-state index in [-0.39, 0.29) is 12.2 Å². The number of carboxylic acid groups (broad SMARTS) is 2. The number of carboxylic acids is 2. The Hall–Kier alpha value is -7.99. The first-order chi connectivity index (χ1) is 33.6. The van der Waals surface area contributed by atoms with Crippen LogP contribution in [0.3, 0.4) is 0 Å². The minimum Gasteiger partial charge on any atom is -0.508 e. The summed E-state index contributed by atoms with van der Waals surface area (Å²) in [5.74, 6) is -13.1. The van der Waals surface area contributed by atoms with Gasteiger partial charge in [0.25, 0.3) is 0 Å². The van der Waals surface area contributed by atoms with Crippen LogP contribution in [-0.4, -0.2) is 135 Å². The predicted octanol–water partition coefficient (Wildman–Crippen LogP) is -1.66. The van der Waals surface area contributed by atoms with Gasteiger partial charge >= 0.3 is 11.9 Å². The van der Waals surface area contributed by atoms with Crippen LogP contribution in [0, 0.1) is 17.8 Å². The number of aromatic hydroxyl groups is 1. The number of phenolic OH excluding ortho intramolecular Hbond substituents is 1. The average molecular weight is 1010 g/mol. The maximum absolute atomic E-state index is 13.7. The lowest BCUT2D eigenvalue weighted by Crippen LogP contribution is -2.61. The molecular weight excluding hydrogens is 943 g/mol. The van der Waals surface area contributed by atoms with Crippen molar-refractivity contribution in [2.45, 2.75) is 129 Å². The summed E-state index contributed by atoms with van der Waals surface area (Å²) in [5.41, 5.74) is 12.9. The van der Waals surface area contributed by atoms with E-state index in [4.69, 9.17) is 11.5 Å². The number of nitrogens with two attached hydrogens (primary N) is 2. The molecule has 25 nitrogen and oxygen atoms in total. The normalized spacial score (nSPS) is 14.8. The van der Waals surface area contributed by atoms with Crippen molar-refractivity contribution < 1.29 is 68.1 Å². The van der Waals surface area contributed by atoms with Gasteiger partial charge in [0.15, 0.2) is 0 Å². The summed E-state index contributed by atoms with van der Waals surface area (Å²) in [7, 11) is 0. The van der Waals surface area contributed by atoms with Gasteiger partial charge in [-0.15, -0.1) is 0 Å². The number of amides is 9. The topological polar surface area (TPSA) is 409 Å². The first-order valence-corrected chi connectivity index (χ1v) is 23.2. The molecule has 0 unspecified atom stereocenters. The molecule has 25 heteroatoms. The minimum absolute atomic E-state index is 0.0404. The van der Waals surface area contributed by atoms with Gasteiger partial charge in [0.05, 0.1) is 19.4 Å². The molecule has 0 fully saturated rings. The molecule has 0 saturated heterocycles. The largest absolute Gasteiger partial charge is 0.508 e. The Morgan fingerprint density at radius 1 is 0.542 bits per heavy atom. The standard InChI is InChI=1S/C47H69N11O14/c1-9-24(6)39(47(71)72)58-44(68)33(20-36(62)63)54-43(67)32(19-34(49)60)55-45(69)37(22(2)3)57-46(70)38(23(4)5)56-41(65)26(8)51-35(61)21-50-40(64)25(7)52-42(66)31(18-27-10-16-30(59)17-11-27)53-29-14-12-28(48)13-15-29/h10-17,22-26,31-33,37-39,53,59H,9,18-21,48H2,1-8H3,(H2,49,60)(H,50,64)(H,51,61)(H,52,66)(H,54,67)(H,55,69)(H,56,65)(H,57,70)(H,58,68)(H,62,63)(H,71,72)/t24-,25-,26-,31-,32-,33-,37-,38-,39-/m0/s1. The second kappa shape index (κ2) is 28.6. The summed E-state index contributed by atoms with van der Waals surface area (Å²) in [6, 6.07) is 1.75. The second-order valence-corrected chi connectivity index (χ2v) is 18.0. The number of nitrogens with one attached hydrogen (secondary N) is 9. The molecule has 396 valence electrons. The maximum atomic E-state index is 13.7. The predicted molar refractivity (Wildman–Crippen MR) is 261 cm³/mol. The Morgan fingerprint density at radius 2 is 1.01 bits per heavy atom. The zero-order valence-corrected chi connectivity index (χ0v) is 41.5. The maximum Gasteiger partial charge on any atom is 0.326 e. The van der Waals surface area contributed by atoms with Crippen molar-refractivity contribution in [2.24, 2.45) is 23.5 Å². The number of rotatable bonds is 29. The van der Waals surface area contributed by atoms with Gasteiger partial charge in [0, 0.05) is 17.8 Å². The number of aliphatic carboxylic acids is 2. The van der Waals surface area contributed by atoms with Crippen LogP contribution in [0.1, 0.15) is 80.2 Å². The number of hydrogen-bond donors (Lipinski definition) is 14. The van der Waals surface area contributed by atoms with Crippen molar-refractivity contribution >= 4 is 76.5 Å². The van der Waals surface area contributed by atoms with E-state index in [1.54, 1.807) is 57.2 Å². The zero-order chi connectivity index (χ0) is 54.6. The van der Waals surface area contributed by atoms with Crippen molar-refractivity contribution in [3.8, 4) is 5.75 Å². The molecule has 9 amide bonds. The summed E-state index contributed by atoms with van der Waals surface area (Å²) in [5, 5.41) is 50.9. The molecule has 0 radical (unpaired) electrons. The van der Waals surface area contributed by atoms with Crippen LogP contribution in [0.5, 0.6) is 5.75 Å². The second-order valence-electron chi connectivity index (χ2n) is 18.0. The smallest absolute Gasteiger partial charge is 0.326 e. The number of benzene rings is 2. The lowest BCUT2D eigenvalue weighted by atomic mass is 9.98. The van der Waals surface area contributed by atoms with Crippen LogP contribution in [-0.2, 0) is 59.2 Å². The molecule has 0 spiro atoms. The Labute approximate surface area is 416 Å². The zero-order valence-electron chi connectivity index (χ0n) is 41.5. The molecule has 0 saturated carbocycles. The number of carbonyl (C=O) groups excluding carboxylic acids is 9. The van der Waals surface area contributed by atoms with Crippen molar-refractivity contribution in [2.75, 3.05) is 17.6 Å². The number of phenols is 1. The van der Waals surface area contributed by atoms with E-state index in [9.17, 15) is 68.1 Å².